The van der Waals surface area contributed by atoms with Crippen molar-refractivity contribution in [2.75, 3.05) is 29.5 Å². The maximum absolute atomic E-state index is 13.4. The molecule has 5 nitrogen and oxygen atoms in total. The van der Waals surface area contributed by atoms with Gasteiger partial charge < -0.3 is 9.80 Å². The number of benzene rings is 1. The summed E-state index contributed by atoms with van der Waals surface area (Å²) in [6.45, 7) is 3.36. The summed E-state index contributed by atoms with van der Waals surface area (Å²) in [7, 11) is -3.00. The lowest BCUT2D eigenvalue weighted by atomic mass is 9.99. The summed E-state index contributed by atoms with van der Waals surface area (Å²) >= 11 is 0. The number of aryl methyl sites for hydroxylation is 2. The van der Waals surface area contributed by atoms with Crippen molar-refractivity contribution in [3.05, 3.63) is 29.3 Å². The van der Waals surface area contributed by atoms with Crippen molar-refractivity contribution in [3.8, 4) is 0 Å². The molecule has 2 aliphatic heterocycles. The van der Waals surface area contributed by atoms with Gasteiger partial charge in [-0.15, -0.1) is 0 Å². The Labute approximate surface area is 162 Å². The molecule has 3 aliphatic rings. The number of nitrogens with zero attached hydrogens (tertiary/aromatic N) is 2. The summed E-state index contributed by atoms with van der Waals surface area (Å²) in [5.41, 5.74) is 3.75. The maximum atomic E-state index is 13.4. The van der Waals surface area contributed by atoms with E-state index in [1.807, 2.05) is 4.90 Å². The van der Waals surface area contributed by atoms with Crippen molar-refractivity contribution < 1.29 is 13.2 Å². The summed E-state index contributed by atoms with van der Waals surface area (Å²) in [6.07, 6.45) is 7.02. The van der Waals surface area contributed by atoms with Crippen LogP contribution in [0.1, 0.15) is 49.7 Å². The van der Waals surface area contributed by atoms with Crippen LogP contribution in [0, 0.1) is 6.92 Å². The Morgan fingerprint density at radius 3 is 2.63 bits per heavy atom. The number of hydrogen-bond acceptors (Lipinski definition) is 4. The fraction of sp³-hybridized carbons (Fsp3) is 0.667. The smallest absolute Gasteiger partial charge is 0.242 e. The molecule has 27 heavy (non-hydrogen) atoms. The fourth-order valence-corrected chi connectivity index (χ4v) is 6.81. The number of hydrogen-bond donors (Lipinski definition) is 0. The molecule has 0 radical (unpaired) electrons. The number of carbonyl (C=O) groups excluding carboxylic acids is 1. The summed E-state index contributed by atoms with van der Waals surface area (Å²) in [6, 6.07) is 6.56. The molecular weight excluding hydrogens is 360 g/mol. The predicted molar refractivity (Wildman–Crippen MR) is 108 cm³/mol. The lowest BCUT2D eigenvalue weighted by molar-refractivity contribution is -0.134. The predicted octanol–water partition coefficient (Wildman–Crippen LogP) is 2.71. The molecule has 2 heterocycles. The van der Waals surface area contributed by atoms with Crippen LogP contribution in [0.3, 0.4) is 0 Å². The number of amides is 1. The molecule has 1 aromatic rings. The van der Waals surface area contributed by atoms with Gasteiger partial charge in [-0.3, -0.25) is 4.79 Å². The number of rotatable bonds is 4. The largest absolute Gasteiger partial charge is 0.362 e. The molecule has 1 unspecified atom stereocenters. The van der Waals surface area contributed by atoms with Crippen LogP contribution in [0.2, 0.25) is 0 Å². The Bertz CT molecular complexity index is 815. The molecule has 1 saturated heterocycles. The number of carbonyl (C=O) groups is 1. The van der Waals surface area contributed by atoms with Gasteiger partial charge in [0.25, 0.3) is 0 Å². The molecule has 1 saturated carbocycles. The van der Waals surface area contributed by atoms with E-state index in [9.17, 15) is 13.2 Å². The average molecular weight is 391 g/mol. The Morgan fingerprint density at radius 1 is 1.15 bits per heavy atom. The molecule has 6 heteroatoms. The zero-order valence-electron chi connectivity index (χ0n) is 16.2. The van der Waals surface area contributed by atoms with Crippen LogP contribution in [0.15, 0.2) is 18.2 Å². The van der Waals surface area contributed by atoms with E-state index >= 15 is 0 Å². The number of fused-ring (bicyclic) bond motifs is 1. The van der Waals surface area contributed by atoms with Crippen LogP contribution in [-0.4, -0.2) is 55.9 Å². The first-order valence-electron chi connectivity index (χ1n) is 10.3. The molecule has 2 fully saturated rings. The van der Waals surface area contributed by atoms with Crippen LogP contribution in [-0.2, 0) is 21.1 Å². The van der Waals surface area contributed by atoms with Gasteiger partial charge >= 0.3 is 0 Å². The average Bonchev–Trinajstić information content (AvgIpc) is 3.25. The van der Waals surface area contributed by atoms with E-state index in [0.29, 0.717) is 13.0 Å². The second-order valence-electron chi connectivity index (χ2n) is 8.45. The molecular formula is C21H30N2O3S. The minimum Gasteiger partial charge on any atom is -0.362 e. The van der Waals surface area contributed by atoms with Crippen LogP contribution in [0.25, 0.3) is 0 Å². The van der Waals surface area contributed by atoms with E-state index in [4.69, 9.17) is 0 Å². The second kappa shape index (κ2) is 7.46. The van der Waals surface area contributed by atoms with Crippen molar-refractivity contribution >= 4 is 21.4 Å². The standard InChI is InChI=1S/C21H30N2O3S/c1-16-8-9-20-17(13-16)5-4-11-22(20)14-21(24)23(18-6-2-3-7-18)19-10-12-27(25,26)15-19/h8-9,13,18-19H,2-7,10-12,14-15H2,1H3. The first-order valence-corrected chi connectivity index (χ1v) is 12.1. The Kier molecular flexibility index (Phi) is 5.19. The van der Waals surface area contributed by atoms with E-state index in [0.717, 1.165) is 45.1 Å². The molecule has 148 valence electrons. The molecule has 0 spiro atoms. The highest BCUT2D eigenvalue weighted by Gasteiger charge is 2.39. The quantitative estimate of drug-likeness (QED) is 0.793. The van der Waals surface area contributed by atoms with Crippen molar-refractivity contribution in [2.45, 2.75) is 64.0 Å². The third-order valence-corrected chi connectivity index (χ3v) is 8.13. The molecule has 0 aromatic heterocycles. The lowest BCUT2D eigenvalue weighted by Gasteiger charge is -2.38. The van der Waals surface area contributed by atoms with Gasteiger partial charge in [-0.05, 0) is 50.7 Å². The van der Waals surface area contributed by atoms with Gasteiger partial charge in [-0.25, -0.2) is 8.42 Å². The fourth-order valence-electron chi connectivity index (χ4n) is 5.10. The van der Waals surface area contributed by atoms with E-state index in [1.165, 1.54) is 16.8 Å². The van der Waals surface area contributed by atoms with Crippen molar-refractivity contribution in [2.24, 2.45) is 0 Å². The zero-order chi connectivity index (χ0) is 19.0. The van der Waals surface area contributed by atoms with E-state index in [1.54, 1.807) is 0 Å². The van der Waals surface area contributed by atoms with E-state index < -0.39 is 9.84 Å². The second-order valence-corrected chi connectivity index (χ2v) is 10.7. The number of anilines is 1. The molecule has 1 aromatic carbocycles. The third-order valence-electron chi connectivity index (χ3n) is 6.38. The first-order chi connectivity index (χ1) is 12.9. The Morgan fingerprint density at radius 2 is 1.93 bits per heavy atom. The van der Waals surface area contributed by atoms with Crippen LogP contribution >= 0.6 is 0 Å². The highest BCUT2D eigenvalue weighted by atomic mass is 32.2. The molecule has 4 rings (SSSR count). The van der Waals surface area contributed by atoms with Crippen LogP contribution in [0.4, 0.5) is 5.69 Å². The first kappa shape index (κ1) is 18.8. The highest BCUT2D eigenvalue weighted by molar-refractivity contribution is 7.91. The minimum absolute atomic E-state index is 0.109. The van der Waals surface area contributed by atoms with Gasteiger partial charge in [0.1, 0.15) is 0 Å². The lowest BCUT2D eigenvalue weighted by Crippen LogP contribution is -2.51. The monoisotopic (exact) mass is 390 g/mol. The minimum atomic E-state index is -3.00. The molecule has 0 bridgehead atoms. The highest BCUT2D eigenvalue weighted by Crippen LogP contribution is 2.31. The van der Waals surface area contributed by atoms with Gasteiger partial charge in [0, 0.05) is 24.3 Å². The normalized spacial score (nSPS) is 24.8. The maximum Gasteiger partial charge on any atom is 0.242 e. The van der Waals surface area contributed by atoms with Crippen molar-refractivity contribution in [3.63, 3.8) is 0 Å². The SMILES string of the molecule is Cc1ccc2c(c1)CCCN2CC(=O)N(C1CCCC1)C1CCS(=O)(=O)C1. The van der Waals surface area contributed by atoms with Gasteiger partial charge in [0.2, 0.25) is 5.91 Å². The van der Waals surface area contributed by atoms with Crippen LogP contribution in [0.5, 0.6) is 0 Å². The molecule has 0 N–H and O–H groups in total. The van der Waals surface area contributed by atoms with Crippen molar-refractivity contribution in [1.29, 1.82) is 0 Å². The van der Waals surface area contributed by atoms with Gasteiger partial charge in [0.05, 0.1) is 18.1 Å². The Balaban J connectivity index is 1.54. The summed E-state index contributed by atoms with van der Waals surface area (Å²) in [5.74, 6) is 0.475. The third kappa shape index (κ3) is 4.00. The zero-order valence-corrected chi connectivity index (χ0v) is 17.0. The topological polar surface area (TPSA) is 57.7 Å². The Hall–Kier alpha value is -1.56. The summed E-state index contributed by atoms with van der Waals surface area (Å²) < 4.78 is 24.0. The molecule has 1 atom stereocenters. The van der Waals surface area contributed by atoms with Crippen molar-refractivity contribution in [1.82, 2.24) is 4.90 Å². The van der Waals surface area contributed by atoms with Crippen LogP contribution < -0.4 is 4.90 Å². The van der Waals surface area contributed by atoms with Gasteiger partial charge in [-0.2, -0.15) is 0 Å². The van der Waals surface area contributed by atoms with Gasteiger partial charge in [0.15, 0.2) is 9.84 Å². The molecule has 1 aliphatic carbocycles. The summed E-state index contributed by atoms with van der Waals surface area (Å²) in [4.78, 5) is 17.5. The molecule has 1 amide bonds. The van der Waals surface area contributed by atoms with E-state index in [2.05, 4.69) is 30.0 Å². The summed E-state index contributed by atoms with van der Waals surface area (Å²) in [5, 5.41) is 0. The van der Waals surface area contributed by atoms with E-state index in [-0.39, 0.29) is 29.5 Å². The number of sulfone groups is 1. The van der Waals surface area contributed by atoms with Gasteiger partial charge in [-0.1, -0.05) is 30.5 Å².